The molecule has 5 N–H and O–H groups in total. The summed E-state index contributed by atoms with van der Waals surface area (Å²) in [6.45, 7) is 15.5. The number of rotatable bonds is 19. The number of ketones is 2. The van der Waals surface area contributed by atoms with Gasteiger partial charge in [0, 0.05) is 118 Å². The minimum atomic E-state index is -3.13. The Bertz CT molecular complexity index is 4460. The van der Waals surface area contributed by atoms with Gasteiger partial charge in [-0.15, -0.1) is 13.2 Å². The van der Waals surface area contributed by atoms with E-state index in [1.165, 1.54) is 62.2 Å². The number of amides is 4. The lowest BCUT2D eigenvalue weighted by atomic mass is 9.95. The molecule has 0 unspecified atom stereocenters. The molecule has 0 aliphatic carbocycles. The summed E-state index contributed by atoms with van der Waals surface area (Å²) in [7, 11) is -0.0574. The molecule has 2 saturated heterocycles. The molecule has 2 aromatic heterocycles. The van der Waals surface area contributed by atoms with Crippen LogP contribution in [0, 0.1) is 0 Å². The minimum Gasteiger partial charge on any atom is -0.360 e. The first kappa shape index (κ1) is 71.8. The lowest BCUT2D eigenvalue weighted by Crippen LogP contribution is -2.54. The number of Topliss-reactive ketones (excluding diaryl/α,β-unsaturated/α-hetero) is 2. The van der Waals surface area contributed by atoms with Crippen LogP contribution in [0.1, 0.15) is 89.6 Å². The number of fused-ring (bicyclic) bond motifs is 2. The average molecular weight is 1390 g/mol. The highest BCUT2D eigenvalue weighted by atomic mass is 35.5. The number of nitrogens with one attached hydrogen (secondary N) is 1. The molecule has 21 heteroatoms. The number of carbonyl (C=O) groups excluding carboxylic acids is 6. The summed E-state index contributed by atoms with van der Waals surface area (Å²) in [6.07, 6.45) is 5.98. The Morgan fingerprint density at radius 2 is 0.909 bits per heavy atom. The molecule has 18 nitrogen and oxygen atoms in total. The van der Waals surface area contributed by atoms with Gasteiger partial charge in [-0.05, 0) is 84.6 Å². The molecular formula is C78H79Cl2N10O8P. The van der Waals surface area contributed by atoms with Crippen LogP contribution < -0.4 is 22.3 Å². The molecule has 0 radical (unpaired) electrons. The van der Waals surface area contributed by atoms with Crippen LogP contribution in [-0.4, -0.2) is 153 Å². The number of hydrogen-bond acceptors (Lipinski definition) is 12. The van der Waals surface area contributed by atoms with Gasteiger partial charge < -0.3 is 30.4 Å². The van der Waals surface area contributed by atoms with Crippen molar-refractivity contribution < 1.29 is 38.0 Å². The summed E-state index contributed by atoms with van der Waals surface area (Å²) >= 11 is 13.2. The predicted octanol–water partition coefficient (Wildman–Crippen LogP) is 12.2. The Balaban J connectivity index is 0.000000176. The average Bonchev–Trinajstić information content (AvgIpc) is 1.74. The molecule has 4 heterocycles. The quantitative estimate of drug-likeness (QED) is 0.0172. The largest absolute Gasteiger partial charge is 0.360 e. The van der Waals surface area contributed by atoms with E-state index in [2.05, 4.69) is 101 Å². The van der Waals surface area contributed by atoms with Crippen LogP contribution in [0.5, 0.6) is 0 Å². The summed E-state index contributed by atoms with van der Waals surface area (Å²) < 4.78 is 18.7. The second-order valence-corrected chi connectivity index (χ2v) is 27.6. The summed E-state index contributed by atoms with van der Waals surface area (Å²) in [4.78, 5) is 93.3. The third-order valence-corrected chi connectivity index (χ3v) is 20.8. The van der Waals surface area contributed by atoms with Gasteiger partial charge in [0.25, 0.3) is 42.6 Å². The highest BCUT2D eigenvalue weighted by Gasteiger charge is 2.37. The highest BCUT2D eigenvalue weighted by molar-refractivity contribution is 7.74. The van der Waals surface area contributed by atoms with E-state index in [1.54, 1.807) is 61.7 Å². The summed E-state index contributed by atoms with van der Waals surface area (Å²) in [5.41, 5.74) is 6.73. The molecule has 2 fully saturated rings. The molecule has 2 aliphatic rings. The van der Waals surface area contributed by atoms with Crippen molar-refractivity contribution in [2.75, 3.05) is 72.3 Å². The molecular weight excluding hydrogens is 1310 g/mol. The van der Waals surface area contributed by atoms with Gasteiger partial charge in [0.1, 0.15) is 0 Å². The second-order valence-electron chi connectivity index (χ2n) is 24.4. The van der Waals surface area contributed by atoms with Crippen molar-refractivity contribution in [3.05, 3.63) is 299 Å². The Kier molecular flexibility index (Phi) is 23.6. The van der Waals surface area contributed by atoms with E-state index in [-0.39, 0.29) is 70.8 Å². The van der Waals surface area contributed by atoms with Crippen LogP contribution in [0.4, 0.5) is 0 Å². The first-order valence-electron chi connectivity index (χ1n) is 32.4. The standard InChI is InChI=1S/C33H34ClN5O3.C33H33ClN4O3.C12H12NO2P/c1-4-15-36(3)33(42)31(40)27-21-39(35)29-19-28(34)26(18-25(27)29)32(41)38-17-16-37(20-22(38)2)30(23-11-7-5-8-12-23)24-13-9-6-10-14-24;1-4-15-36(3)33(41)31(39)27-20-35-29-19-28(34)26(18-25(27)29)32(40)38-17-16-37(21-22(38)2)30(23-11-7-5-8-12-23)24-13-9-6-10-14-24;13-15-16(14,11-7-3-1-4-8-11)12-9-5-2-6-10-12/h4-14,18-19,21-22,30H,1,15-17,20,35H2,2-3H3;4-14,18-20,22,30,35H,1,15-17,21H2,2-3H3;1-10H,13H2/t2*22-;/m11./s1. The highest BCUT2D eigenvalue weighted by Crippen LogP contribution is 2.42. The van der Waals surface area contributed by atoms with E-state index in [9.17, 15) is 33.3 Å². The topological polar surface area (TPSA) is 221 Å². The van der Waals surface area contributed by atoms with Gasteiger partial charge in [-0.2, -0.15) is 0 Å². The number of nitrogen functional groups attached to an aromatic ring is 1. The van der Waals surface area contributed by atoms with E-state index in [0.29, 0.717) is 82.3 Å². The summed E-state index contributed by atoms with van der Waals surface area (Å²) in [6, 6.07) is 65.9. The Labute approximate surface area is 586 Å². The SMILES string of the molecule is C=CCN(C)C(=O)C(=O)c1c[nH]c2cc(Cl)c(C(=O)N3CCN(C(c4ccccc4)c4ccccc4)C[C@H]3C)cc12.C=CCN(C)C(=O)C(=O)c1cn(N)c2cc(Cl)c(C(=O)N3CCN(C(c4ccccc4)c4ccccc4)C[C@H]3C)cc12.NOP(=O)(c1ccccc1)c1ccccc1. The van der Waals surface area contributed by atoms with Crippen LogP contribution >= 0.6 is 30.6 Å². The maximum absolute atomic E-state index is 13.9. The number of aromatic amines is 1. The zero-order valence-corrected chi connectivity index (χ0v) is 58.0. The van der Waals surface area contributed by atoms with E-state index in [1.807, 2.05) is 109 Å². The Morgan fingerprint density at radius 3 is 1.28 bits per heavy atom. The number of benzene rings is 8. The van der Waals surface area contributed by atoms with Crippen molar-refractivity contribution in [2.45, 2.75) is 38.0 Å². The normalized spacial score (nSPS) is 15.0. The number of aromatic nitrogens is 2. The number of halogens is 2. The third kappa shape index (κ3) is 15.9. The number of likely N-dealkylation sites (N-methyl/N-ethyl adjacent to an activating group) is 2. The summed E-state index contributed by atoms with van der Waals surface area (Å²) in [5, 5.41) is 2.61. The molecule has 12 rings (SSSR count). The predicted molar refractivity (Wildman–Crippen MR) is 393 cm³/mol. The van der Waals surface area contributed by atoms with Crippen LogP contribution in [0.3, 0.4) is 0 Å². The number of H-pyrrole nitrogens is 1. The van der Waals surface area contributed by atoms with Crippen molar-refractivity contribution in [1.29, 1.82) is 0 Å². The Hall–Kier alpha value is -10.0. The number of nitrogens with zero attached hydrogens (tertiary/aromatic N) is 7. The summed E-state index contributed by atoms with van der Waals surface area (Å²) in [5.74, 6) is 8.17. The number of carbonyl (C=O) groups is 6. The molecule has 2 atom stereocenters. The van der Waals surface area contributed by atoms with E-state index in [0.717, 1.165) is 0 Å². The van der Waals surface area contributed by atoms with E-state index in [4.69, 9.17) is 39.6 Å². The molecule has 2 aliphatic heterocycles. The van der Waals surface area contributed by atoms with Gasteiger partial charge in [-0.25, -0.2) is 10.5 Å². The fraction of sp³-hybridized carbons (Fsp3) is 0.205. The maximum Gasteiger partial charge on any atom is 0.295 e. The molecule has 8 aromatic carbocycles. The molecule has 508 valence electrons. The zero-order valence-electron chi connectivity index (χ0n) is 55.6. The first-order valence-corrected chi connectivity index (χ1v) is 34.8. The fourth-order valence-corrected chi connectivity index (χ4v) is 15.0. The third-order valence-electron chi connectivity index (χ3n) is 17.9. The number of piperazine rings is 2. The van der Waals surface area contributed by atoms with Crippen LogP contribution in [0.2, 0.25) is 10.0 Å². The van der Waals surface area contributed by atoms with Crippen LogP contribution in [-0.2, 0) is 18.8 Å². The number of nitrogens with two attached hydrogens (primary N) is 2. The zero-order chi connectivity index (χ0) is 70.5. The molecule has 99 heavy (non-hydrogen) atoms. The first-order chi connectivity index (χ1) is 47.8. The van der Waals surface area contributed by atoms with Crippen molar-refractivity contribution >= 4 is 98.2 Å². The Morgan fingerprint density at radius 1 is 0.545 bits per heavy atom. The van der Waals surface area contributed by atoms with Crippen LogP contribution in [0.15, 0.2) is 244 Å². The van der Waals surface area contributed by atoms with Gasteiger partial charge in [-0.3, -0.25) is 47.8 Å². The smallest absolute Gasteiger partial charge is 0.295 e. The van der Waals surface area contributed by atoms with E-state index >= 15 is 0 Å². The fourth-order valence-electron chi connectivity index (χ4n) is 12.9. The second kappa shape index (κ2) is 32.6. The lowest BCUT2D eigenvalue weighted by Gasteiger charge is -2.43. The van der Waals surface area contributed by atoms with Gasteiger partial charge in [0.2, 0.25) is 0 Å². The van der Waals surface area contributed by atoms with Crippen molar-refractivity contribution in [3.8, 4) is 0 Å². The molecule has 10 aromatic rings. The van der Waals surface area contributed by atoms with Crippen molar-refractivity contribution in [2.24, 2.45) is 5.90 Å². The van der Waals surface area contributed by atoms with Crippen molar-refractivity contribution in [3.63, 3.8) is 0 Å². The monoisotopic (exact) mass is 1380 g/mol. The van der Waals surface area contributed by atoms with Gasteiger partial charge in [-0.1, -0.05) is 193 Å². The van der Waals surface area contributed by atoms with E-state index < -0.39 is 30.7 Å². The maximum atomic E-state index is 13.9. The van der Waals surface area contributed by atoms with Crippen LogP contribution in [0.25, 0.3) is 21.8 Å². The minimum absolute atomic E-state index is 0.0571. The lowest BCUT2D eigenvalue weighted by molar-refractivity contribution is -0.125. The van der Waals surface area contributed by atoms with Gasteiger partial charge >= 0.3 is 0 Å². The molecule has 0 spiro atoms. The molecule has 4 amide bonds. The molecule has 0 bridgehead atoms. The number of hydrogen-bond donors (Lipinski definition) is 3. The molecule has 0 saturated carbocycles. The van der Waals surface area contributed by atoms with Gasteiger partial charge in [0.05, 0.1) is 49.9 Å². The van der Waals surface area contributed by atoms with Gasteiger partial charge in [0.15, 0.2) is 0 Å². The van der Waals surface area contributed by atoms with Crippen molar-refractivity contribution in [1.82, 2.24) is 39.1 Å².